The molecule has 1 rings (SSSR count). The Balaban J connectivity index is 2.61. The van der Waals surface area contributed by atoms with Gasteiger partial charge in [0.2, 0.25) is 0 Å². The van der Waals surface area contributed by atoms with E-state index in [4.69, 9.17) is 19.7 Å². The third-order valence-electron chi connectivity index (χ3n) is 2.91. The van der Waals surface area contributed by atoms with Crippen LogP contribution in [-0.2, 0) is 14.3 Å². The Labute approximate surface area is 113 Å². The van der Waals surface area contributed by atoms with Crippen LogP contribution in [-0.4, -0.2) is 97.8 Å². The molecule has 0 bridgehead atoms. The second-order valence-corrected chi connectivity index (χ2v) is 4.38. The van der Waals surface area contributed by atoms with Crippen LogP contribution in [0.25, 0.3) is 0 Å². The van der Waals surface area contributed by atoms with Gasteiger partial charge in [0.05, 0.1) is 13.2 Å². The maximum Gasteiger partial charge on any atom is 0.335 e. The van der Waals surface area contributed by atoms with E-state index < -0.39 is 62.1 Å². The van der Waals surface area contributed by atoms with Crippen molar-refractivity contribution in [1.82, 2.24) is 0 Å². The van der Waals surface area contributed by atoms with Crippen LogP contribution >= 0.6 is 0 Å². The van der Waals surface area contributed by atoms with Crippen molar-refractivity contribution in [2.24, 2.45) is 0 Å². The Bertz CT molecular complexity index is 323. The summed E-state index contributed by atoms with van der Waals surface area (Å²) >= 11 is 0. The van der Waals surface area contributed by atoms with Crippen LogP contribution in [0.3, 0.4) is 0 Å². The summed E-state index contributed by atoms with van der Waals surface area (Å²) in [5.74, 6) is -1.54. The van der Waals surface area contributed by atoms with E-state index >= 15 is 0 Å². The van der Waals surface area contributed by atoms with Crippen LogP contribution in [0.4, 0.5) is 0 Å². The topological polar surface area (TPSA) is 177 Å². The molecule has 1 heterocycles. The molecule has 118 valence electrons. The van der Waals surface area contributed by atoms with Crippen molar-refractivity contribution in [1.29, 1.82) is 0 Å². The normalized spacial score (nSPS) is 37.4. The number of rotatable bonds is 6. The lowest BCUT2D eigenvalue weighted by Gasteiger charge is -2.38. The number of carboxylic acids is 1. The zero-order chi connectivity index (χ0) is 15.4. The molecule has 0 amide bonds. The van der Waals surface area contributed by atoms with Gasteiger partial charge in [-0.15, -0.1) is 0 Å². The van der Waals surface area contributed by atoms with Crippen LogP contribution in [0, 0.1) is 0 Å². The van der Waals surface area contributed by atoms with E-state index in [1.807, 2.05) is 0 Å². The predicted molar refractivity (Wildman–Crippen MR) is 59.4 cm³/mol. The fourth-order valence-corrected chi connectivity index (χ4v) is 1.71. The summed E-state index contributed by atoms with van der Waals surface area (Å²) in [4.78, 5) is 10.8. The zero-order valence-electron chi connectivity index (χ0n) is 10.3. The summed E-state index contributed by atoms with van der Waals surface area (Å²) in [6.45, 7) is -1.44. The highest BCUT2D eigenvalue weighted by molar-refractivity contribution is 5.73. The first-order valence-electron chi connectivity index (χ1n) is 5.80. The van der Waals surface area contributed by atoms with Gasteiger partial charge in [-0.2, -0.15) is 0 Å². The number of aliphatic carboxylic acids is 1. The molecular weight excluding hydrogens is 280 g/mol. The highest BCUT2D eigenvalue weighted by Crippen LogP contribution is 2.20. The molecule has 1 aliphatic rings. The molecular formula is C10H18O10. The van der Waals surface area contributed by atoms with E-state index in [1.165, 1.54) is 0 Å². The first kappa shape index (κ1) is 17.2. The Kier molecular flexibility index (Phi) is 6.23. The lowest BCUT2D eigenvalue weighted by molar-refractivity contribution is -0.291. The van der Waals surface area contributed by atoms with Crippen molar-refractivity contribution in [3.8, 4) is 0 Å². The SMILES string of the molecule is O=C(O)C(OC[C@H]1OC(O)[C@H](O)[C@@H](O)[C@@H]1O)C(O)CO. The third kappa shape index (κ3) is 3.84. The summed E-state index contributed by atoms with van der Waals surface area (Å²) in [6.07, 6.45) is -11.6. The van der Waals surface area contributed by atoms with Crippen LogP contribution in [0.1, 0.15) is 0 Å². The standard InChI is InChI=1S/C10H18O10/c11-1-3(12)8(9(16)17)19-2-4-5(13)6(14)7(15)10(18)20-4/h3-8,10-15,18H,1-2H2,(H,16,17)/t3?,4-,5-,6+,7-,8?,10?/m1/s1. The molecule has 1 aliphatic heterocycles. The summed E-state index contributed by atoms with van der Waals surface area (Å²) in [7, 11) is 0. The van der Waals surface area contributed by atoms with E-state index in [0.29, 0.717) is 0 Å². The Hall–Kier alpha value is -0.850. The molecule has 1 fully saturated rings. The number of hydrogen-bond acceptors (Lipinski definition) is 9. The summed E-state index contributed by atoms with van der Waals surface area (Å²) in [5.41, 5.74) is 0. The van der Waals surface area contributed by atoms with Crippen LogP contribution in [0.2, 0.25) is 0 Å². The Morgan fingerprint density at radius 1 is 1.15 bits per heavy atom. The fourth-order valence-electron chi connectivity index (χ4n) is 1.71. The first-order chi connectivity index (χ1) is 9.29. The second-order valence-electron chi connectivity index (χ2n) is 4.38. The molecule has 10 nitrogen and oxygen atoms in total. The summed E-state index contributed by atoms with van der Waals surface area (Å²) in [6, 6.07) is 0. The molecule has 7 atom stereocenters. The number of hydrogen-bond donors (Lipinski definition) is 7. The minimum absolute atomic E-state index is 0.587. The molecule has 7 N–H and O–H groups in total. The van der Waals surface area contributed by atoms with Gasteiger partial charge in [-0.1, -0.05) is 0 Å². The van der Waals surface area contributed by atoms with Gasteiger partial charge < -0.3 is 45.2 Å². The molecule has 0 aromatic carbocycles. The van der Waals surface area contributed by atoms with E-state index in [0.717, 1.165) is 0 Å². The van der Waals surface area contributed by atoms with Crippen LogP contribution < -0.4 is 0 Å². The fraction of sp³-hybridized carbons (Fsp3) is 0.900. The van der Waals surface area contributed by atoms with Gasteiger partial charge in [0.15, 0.2) is 12.4 Å². The molecule has 20 heavy (non-hydrogen) atoms. The minimum atomic E-state index is -1.77. The lowest BCUT2D eigenvalue weighted by Crippen LogP contribution is -2.59. The number of ether oxygens (including phenoxy) is 2. The molecule has 0 spiro atoms. The smallest absolute Gasteiger partial charge is 0.335 e. The molecule has 0 saturated carbocycles. The monoisotopic (exact) mass is 298 g/mol. The molecule has 0 aromatic heterocycles. The van der Waals surface area contributed by atoms with E-state index in [2.05, 4.69) is 0 Å². The Morgan fingerprint density at radius 3 is 2.25 bits per heavy atom. The van der Waals surface area contributed by atoms with Gasteiger partial charge in [-0.25, -0.2) is 4.79 Å². The van der Waals surface area contributed by atoms with Crippen LogP contribution in [0.5, 0.6) is 0 Å². The van der Waals surface area contributed by atoms with E-state index in [-0.39, 0.29) is 0 Å². The van der Waals surface area contributed by atoms with Gasteiger partial charge in [0.1, 0.15) is 30.5 Å². The maximum absolute atomic E-state index is 10.8. The third-order valence-corrected chi connectivity index (χ3v) is 2.91. The average molecular weight is 298 g/mol. The molecule has 0 aromatic rings. The van der Waals surface area contributed by atoms with Crippen LogP contribution in [0.15, 0.2) is 0 Å². The number of aliphatic hydroxyl groups excluding tert-OH is 6. The first-order valence-corrected chi connectivity index (χ1v) is 5.80. The Morgan fingerprint density at radius 2 is 1.75 bits per heavy atom. The van der Waals surface area contributed by atoms with Gasteiger partial charge in [0.25, 0.3) is 0 Å². The van der Waals surface area contributed by atoms with Crippen molar-refractivity contribution < 1.29 is 50.0 Å². The molecule has 0 aliphatic carbocycles. The second kappa shape index (κ2) is 7.24. The molecule has 10 heteroatoms. The largest absolute Gasteiger partial charge is 0.479 e. The average Bonchev–Trinajstić information content (AvgIpc) is 2.41. The van der Waals surface area contributed by atoms with E-state index in [1.54, 1.807) is 0 Å². The van der Waals surface area contributed by atoms with Crippen molar-refractivity contribution in [3.05, 3.63) is 0 Å². The van der Waals surface area contributed by atoms with Gasteiger partial charge >= 0.3 is 5.97 Å². The molecule has 0 radical (unpaired) electrons. The number of carboxylic acid groups (broad SMARTS) is 1. The summed E-state index contributed by atoms with van der Waals surface area (Å²) < 4.78 is 9.56. The highest BCUT2D eigenvalue weighted by atomic mass is 16.6. The summed E-state index contributed by atoms with van der Waals surface area (Å²) in [5, 5.41) is 64.2. The number of aliphatic hydroxyl groups is 6. The van der Waals surface area contributed by atoms with Crippen molar-refractivity contribution in [2.45, 2.75) is 42.9 Å². The predicted octanol–water partition coefficient (Wildman–Crippen LogP) is -4.39. The van der Waals surface area contributed by atoms with Crippen molar-refractivity contribution >= 4 is 5.97 Å². The van der Waals surface area contributed by atoms with Crippen molar-refractivity contribution in [3.63, 3.8) is 0 Å². The maximum atomic E-state index is 10.8. The quantitative estimate of drug-likeness (QED) is 0.253. The van der Waals surface area contributed by atoms with Crippen molar-refractivity contribution in [2.75, 3.05) is 13.2 Å². The van der Waals surface area contributed by atoms with E-state index in [9.17, 15) is 30.3 Å². The van der Waals surface area contributed by atoms with Gasteiger partial charge in [-0.05, 0) is 0 Å². The highest BCUT2D eigenvalue weighted by Gasteiger charge is 2.43. The molecule has 3 unspecified atom stereocenters. The zero-order valence-corrected chi connectivity index (χ0v) is 10.3. The minimum Gasteiger partial charge on any atom is -0.479 e. The lowest BCUT2D eigenvalue weighted by atomic mass is 9.99. The van der Waals surface area contributed by atoms with Gasteiger partial charge in [0, 0.05) is 0 Å². The number of carbonyl (C=O) groups is 1. The molecule has 1 saturated heterocycles. The van der Waals surface area contributed by atoms with Gasteiger partial charge in [-0.3, -0.25) is 0 Å².